The first-order valence-corrected chi connectivity index (χ1v) is 10.5. The predicted molar refractivity (Wildman–Crippen MR) is 119 cm³/mol. The Balaban J connectivity index is 1.21. The van der Waals surface area contributed by atoms with Crippen molar-refractivity contribution < 1.29 is 9.15 Å². The van der Waals surface area contributed by atoms with Gasteiger partial charge in [0.25, 0.3) is 0 Å². The van der Waals surface area contributed by atoms with E-state index < -0.39 is 0 Å². The first kappa shape index (κ1) is 19.5. The third kappa shape index (κ3) is 4.34. The molecule has 0 amide bonds. The summed E-state index contributed by atoms with van der Waals surface area (Å²) in [6.45, 7) is 2.86. The molecule has 0 saturated carbocycles. The van der Waals surface area contributed by atoms with Crippen LogP contribution in [0.5, 0.6) is 5.75 Å². The van der Waals surface area contributed by atoms with Crippen LogP contribution in [0.1, 0.15) is 23.8 Å². The SMILES string of the molecule is COc1ccc(-c2nnc([C@H]3CCN(Cc4ccc(-c5ccccn5)cc4)C3)o2)cc1. The van der Waals surface area contributed by atoms with Gasteiger partial charge in [-0.25, -0.2) is 0 Å². The quantitative estimate of drug-likeness (QED) is 0.453. The summed E-state index contributed by atoms with van der Waals surface area (Å²) in [7, 11) is 1.65. The zero-order valence-electron chi connectivity index (χ0n) is 17.4. The van der Waals surface area contributed by atoms with Gasteiger partial charge in [0.05, 0.1) is 18.7 Å². The summed E-state index contributed by atoms with van der Waals surface area (Å²) in [4.78, 5) is 6.86. The molecule has 4 aromatic rings. The zero-order valence-corrected chi connectivity index (χ0v) is 17.4. The summed E-state index contributed by atoms with van der Waals surface area (Å²) in [6, 6.07) is 22.3. The van der Waals surface area contributed by atoms with Crippen LogP contribution in [0.15, 0.2) is 77.3 Å². The molecule has 0 N–H and O–H groups in total. The number of benzene rings is 2. The molecule has 5 rings (SSSR count). The Hall–Kier alpha value is -3.51. The highest BCUT2D eigenvalue weighted by molar-refractivity contribution is 5.59. The largest absolute Gasteiger partial charge is 0.497 e. The number of hydrogen-bond acceptors (Lipinski definition) is 6. The summed E-state index contributed by atoms with van der Waals surface area (Å²) in [6.07, 6.45) is 2.85. The fraction of sp³-hybridized carbons (Fsp3) is 0.240. The molecule has 0 unspecified atom stereocenters. The molecular formula is C25H24N4O2. The summed E-state index contributed by atoms with van der Waals surface area (Å²) < 4.78 is 11.2. The van der Waals surface area contributed by atoms with Gasteiger partial charge in [-0.3, -0.25) is 9.88 Å². The third-order valence-electron chi connectivity index (χ3n) is 5.72. The van der Waals surface area contributed by atoms with E-state index in [0.717, 1.165) is 54.5 Å². The van der Waals surface area contributed by atoms with Crippen molar-refractivity contribution in [2.45, 2.75) is 18.9 Å². The van der Waals surface area contributed by atoms with Crippen LogP contribution in [0, 0.1) is 0 Å². The van der Waals surface area contributed by atoms with E-state index in [1.807, 2.05) is 48.7 Å². The van der Waals surface area contributed by atoms with Gasteiger partial charge < -0.3 is 9.15 Å². The normalized spacial score (nSPS) is 16.5. The second-order valence-corrected chi connectivity index (χ2v) is 7.81. The van der Waals surface area contributed by atoms with Crippen LogP contribution in [0.4, 0.5) is 0 Å². The molecule has 1 aliphatic rings. The lowest BCUT2D eigenvalue weighted by atomic mass is 10.1. The number of ether oxygens (including phenoxy) is 1. The minimum absolute atomic E-state index is 0.271. The van der Waals surface area contributed by atoms with Gasteiger partial charge in [0, 0.05) is 30.4 Å². The van der Waals surface area contributed by atoms with Gasteiger partial charge in [-0.05, 0) is 54.9 Å². The zero-order chi connectivity index (χ0) is 21.0. The molecule has 1 atom stereocenters. The van der Waals surface area contributed by atoms with Gasteiger partial charge in [-0.1, -0.05) is 30.3 Å². The van der Waals surface area contributed by atoms with Crippen molar-refractivity contribution in [3.63, 3.8) is 0 Å². The van der Waals surface area contributed by atoms with Crippen molar-refractivity contribution in [1.82, 2.24) is 20.1 Å². The number of rotatable bonds is 6. The maximum Gasteiger partial charge on any atom is 0.247 e. The van der Waals surface area contributed by atoms with Crippen molar-refractivity contribution in [3.8, 4) is 28.5 Å². The highest BCUT2D eigenvalue weighted by atomic mass is 16.5. The number of pyridine rings is 1. The molecule has 6 nitrogen and oxygen atoms in total. The molecule has 156 valence electrons. The standard InChI is InChI=1S/C25H24N4O2/c1-30-22-11-9-20(10-12-22)24-27-28-25(31-24)21-13-15-29(17-21)16-18-5-7-19(8-6-18)23-4-2-3-14-26-23/h2-12,14,21H,13,15-17H2,1H3/t21-/m0/s1. The third-order valence-corrected chi connectivity index (χ3v) is 5.72. The number of methoxy groups -OCH3 is 1. The number of aromatic nitrogens is 3. The molecule has 2 aromatic heterocycles. The Bertz CT molecular complexity index is 1120. The van der Waals surface area contributed by atoms with E-state index in [4.69, 9.17) is 9.15 Å². The van der Waals surface area contributed by atoms with Crippen molar-refractivity contribution in [3.05, 3.63) is 84.4 Å². The maximum atomic E-state index is 5.99. The highest BCUT2D eigenvalue weighted by Gasteiger charge is 2.28. The van der Waals surface area contributed by atoms with Crippen molar-refractivity contribution in [1.29, 1.82) is 0 Å². The Morgan fingerprint density at radius 3 is 2.52 bits per heavy atom. The van der Waals surface area contributed by atoms with Crippen LogP contribution in [-0.2, 0) is 6.54 Å². The van der Waals surface area contributed by atoms with E-state index in [2.05, 4.69) is 44.3 Å². The molecule has 1 aliphatic heterocycles. The molecule has 6 heteroatoms. The number of nitrogens with zero attached hydrogens (tertiary/aromatic N) is 4. The van der Waals surface area contributed by atoms with Crippen molar-refractivity contribution in [2.24, 2.45) is 0 Å². The second-order valence-electron chi connectivity index (χ2n) is 7.81. The van der Waals surface area contributed by atoms with E-state index in [1.165, 1.54) is 5.56 Å². The Kier molecular flexibility index (Phi) is 5.46. The van der Waals surface area contributed by atoms with Crippen molar-refractivity contribution >= 4 is 0 Å². The summed E-state index contributed by atoms with van der Waals surface area (Å²) in [5.41, 5.74) is 4.34. The molecule has 2 aromatic carbocycles. The van der Waals surface area contributed by atoms with Crippen molar-refractivity contribution in [2.75, 3.05) is 20.2 Å². The maximum absolute atomic E-state index is 5.99. The first-order chi connectivity index (χ1) is 15.3. The average molecular weight is 412 g/mol. The van der Waals surface area contributed by atoms with E-state index in [-0.39, 0.29) is 5.92 Å². The molecule has 0 spiro atoms. The van der Waals surface area contributed by atoms with Crippen LogP contribution in [-0.4, -0.2) is 40.3 Å². The van der Waals surface area contributed by atoms with Crippen LogP contribution in [0.25, 0.3) is 22.7 Å². The van der Waals surface area contributed by atoms with E-state index >= 15 is 0 Å². The monoisotopic (exact) mass is 412 g/mol. The molecule has 3 heterocycles. The van der Waals surface area contributed by atoms with Gasteiger partial charge in [0.2, 0.25) is 11.8 Å². The van der Waals surface area contributed by atoms with Gasteiger partial charge in [-0.2, -0.15) is 0 Å². The fourth-order valence-corrected chi connectivity index (χ4v) is 4.00. The Morgan fingerprint density at radius 2 is 1.77 bits per heavy atom. The van der Waals surface area contributed by atoms with Crippen LogP contribution < -0.4 is 4.74 Å². The molecule has 1 saturated heterocycles. The minimum atomic E-state index is 0.271. The van der Waals surface area contributed by atoms with E-state index in [1.54, 1.807) is 7.11 Å². The smallest absolute Gasteiger partial charge is 0.247 e. The molecule has 31 heavy (non-hydrogen) atoms. The first-order valence-electron chi connectivity index (χ1n) is 10.5. The topological polar surface area (TPSA) is 64.3 Å². The second kappa shape index (κ2) is 8.70. The summed E-state index contributed by atoms with van der Waals surface area (Å²) in [5.74, 6) is 2.36. The lowest BCUT2D eigenvalue weighted by molar-refractivity contribution is 0.320. The molecule has 0 aliphatic carbocycles. The minimum Gasteiger partial charge on any atom is -0.497 e. The Morgan fingerprint density at radius 1 is 0.968 bits per heavy atom. The highest BCUT2D eigenvalue weighted by Crippen LogP contribution is 2.30. The van der Waals surface area contributed by atoms with Crippen LogP contribution in [0.3, 0.4) is 0 Å². The lowest BCUT2D eigenvalue weighted by Crippen LogP contribution is -2.19. The average Bonchev–Trinajstić information content (AvgIpc) is 3.50. The Labute approximate surface area is 181 Å². The van der Waals surface area contributed by atoms with E-state index in [9.17, 15) is 0 Å². The van der Waals surface area contributed by atoms with Gasteiger partial charge in [0.15, 0.2) is 0 Å². The fourth-order valence-electron chi connectivity index (χ4n) is 4.00. The number of likely N-dealkylation sites (tertiary alicyclic amines) is 1. The molecule has 0 bridgehead atoms. The molecule has 0 radical (unpaired) electrons. The molecule has 1 fully saturated rings. The summed E-state index contributed by atoms with van der Waals surface area (Å²) in [5, 5.41) is 8.57. The lowest BCUT2D eigenvalue weighted by Gasteiger charge is -2.15. The van der Waals surface area contributed by atoms with Gasteiger partial charge in [-0.15, -0.1) is 10.2 Å². The van der Waals surface area contributed by atoms with Crippen LogP contribution >= 0.6 is 0 Å². The predicted octanol–water partition coefficient (Wildman–Crippen LogP) is 4.80. The summed E-state index contributed by atoms with van der Waals surface area (Å²) >= 11 is 0. The van der Waals surface area contributed by atoms with E-state index in [0.29, 0.717) is 5.89 Å². The van der Waals surface area contributed by atoms with Gasteiger partial charge >= 0.3 is 0 Å². The van der Waals surface area contributed by atoms with Crippen LogP contribution in [0.2, 0.25) is 0 Å². The number of hydrogen-bond donors (Lipinski definition) is 0. The molecular weight excluding hydrogens is 388 g/mol. The van der Waals surface area contributed by atoms with Gasteiger partial charge in [0.1, 0.15) is 5.75 Å².